The summed E-state index contributed by atoms with van der Waals surface area (Å²) in [6, 6.07) is 0. The third kappa shape index (κ3) is 1.35. The van der Waals surface area contributed by atoms with Gasteiger partial charge in [-0.1, -0.05) is 52.7 Å². The van der Waals surface area contributed by atoms with Gasteiger partial charge < -0.3 is 0 Å². The molecule has 4 bridgehead atoms. The SMILES string of the molecule is CC1=C(C)[C@@]2(C)C3=C(C4=C(C3(C)C)[C@]3(C)C(C)=C(C)[P@@]4C3C)[P@]1C2C. The quantitative estimate of drug-likeness (QED) is 0.380. The van der Waals surface area contributed by atoms with Crippen molar-refractivity contribution in [1.82, 2.24) is 0 Å². The molecule has 4 heterocycles. The molecule has 0 N–H and O–H groups in total. The molecular weight excluding hydrogens is 338 g/mol. The molecule has 0 fully saturated rings. The van der Waals surface area contributed by atoms with E-state index in [1.807, 2.05) is 21.8 Å². The molecule has 0 amide bonds. The van der Waals surface area contributed by atoms with E-state index in [4.69, 9.17) is 0 Å². The Morgan fingerprint density at radius 3 is 1.28 bits per heavy atom. The average molecular weight is 370 g/mol. The zero-order valence-electron chi connectivity index (χ0n) is 17.5. The van der Waals surface area contributed by atoms with Crippen LogP contribution in [0.5, 0.6) is 0 Å². The third-order valence-electron chi connectivity index (χ3n) is 9.28. The normalized spacial score (nSPS) is 49.2. The highest BCUT2D eigenvalue weighted by Gasteiger charge is 2.70. The monoisotopic (exact) mass is 370 g/mol. The Morgan fingerprint density at radius 2 is 0.960 bits per heavy atom. The van der Waals surface area contributed by atoms with Gasteiger partial charge in [0, 0.05) is 16.2 Å². The maximum Gasteiger partial charge on any atom is 0.0185 e. The van der Waals surface area contributed by atoms with Crippen molar-refractivity contribution in [2.75, 3.05) is 0 Å². The molecule has 0 radical (unpaired) electrons. The molecule has 4 aliphatic heterocycles. The fourth-order valence-corrected chi connectivity index (χ4v) is 15.9. The Morgan fingerprint density at radius 1 is 0.640 bits per heavy atom. The van der Waals surface area contributed by atoms with E-state index in [0.29, 0.717) is 10.8 Å². The van der Waals surface area contributed by atoms with Crippen molar-refractivity contribution in [3.05, 3.63) is 43.5 Å². The first-order valence-electron chi connectivity index (χ1n) is 9.89. The standard InChI is InChI=1S/C23H32P2/c1-11-13(3)24-15(5)22(11,9)19-17(24)18-20(21(19,7)8)23(10)12(2)14(4)25(18)16(23)6/h15-16H,1-10H3/t15?,16?,22-,23-,24+,25+/m1/s1. The molecule has 6 atom stereocenters. The Kier molecular flexibility index (Phi) is 2.90. The maximum absolute atomic E-state index is 2.58. The summed E-state index contributed by atoms with van der Waals surface area (Å²) in [5.41, 5.74) is 9.60. The van der Waals surface area contributed by atoms with Crippen molar-refractivity contribution in [2.45, 2.75) is 80.6 Å². The average Bonchev–Trinajstić information content (AvgIpc) is 3.12. The summed E-state index contributed by atoms with van der Waals surface area (Å²) in [5, 5.41) is 7.29. The first-order chi connectivity index (χ1) is 11.4. The Bertz CT molecular complexity index is 821. The summed E-state index contributed by atoms with van der Waals surface area (Å²) in [7, 11) is -0.203. The minimum absolute atomic E-state index is 0.101. The van der Waals surface area contributed by atoms with Crippen LogP contribution in [0.1, 0.15) is 69.2 Å². The molecule has 0 aromatic carbocycles. The van der Waals surface area contributed by atoms with Gasteiger partial charge in [0.2, 0.25) is 0 Å². The second-order valence-electron chi connectivity index (χ2n) is 9.99. The van der Waals surface area contributed by atoms with Crippen molar-refractivity contribution in [3.8, 4) is 0 Å². The molecule has 134 valence electrons. The summed E-state index contributed by atoms with van der Waals surface area (Å²) in [5.74, 6) is 0. The van der Waals surface area contributed by atoms with Gasteiger partial charge in [0.25, 0.3) is 0 Å². The van der Waals surface area contributed by atoms with Crippen LogP contribution in [-0.4, -0.2) is 11.3 Å². The van der Waals surface area contributed by atoms with Crippen LogP contribution in [0.15, 0.2) is 43.5 Å². The second-order valence-corrected chi connectivity index (χ2v) is 15.3. The van der Waals surface area contributed by atoms with E-state index in [2.05, 4.69) is 69.2 Å². The zero-order chi connectivity index (χ0) is 18.4. The predicted molar refractivity (Wildman–Crippen MR) is 114 cm³/mol. The van der Waals surface area contributed by atoms with E-state index in [1.165, 1.54) is 0 Å². The van der Waals surface area contributed by atoms with Crippen molar-refractivity contribution >= 4 is 15.8 Å². The lowest BCUT2D eigenvalue weighted by molar-refractivity contribution is 0.328. The molecule has 2 heteroatoms. The molecule has 1 aliphatic carbocycles. The van der Waals surface area contributed by atoms with Crippen molar-refractivity contribution < 1.29 is 0 Å². The highest BCUT2D eigenvalue weighted by Crippen LogP contribution is 2.92. The number of rotatable bonds is 0. The summed E-state index contributed by atoms with van der Waals surface area (Å²) in [6.45, 7) is 25.2. The van der Waals surface area contributed by atoms with Gasteiger partial charge in [-0.05, 0) is 87.3 Å². The molecule has 0 nitrogen and oxygen atoms in total. The Labute approximate surface area is 156 Å². The van der Waals surface area contributed by atoms with E-state index < -0.39 is 0 Å². The van der Waals surface area contributed by atoms with Crippen molar-refractivity contribution in [1.29, 1.82) is 0 Å². The van der Waals surface area contributed by atoms with E-state index in [-0.39, 0.29) is 21.3 Å². The van der Waals surface area contributed by atoms with E-state index in [1.54, 1.807) is 21.8 Å². The lowest BCUT2D eigenvalue weighted by Gasteiger charge is -2.45. The van der Waals surface area contributed by atoms with Gasteiger partial charge in [-0.15, -0.1) is 0 Å². The van der Waals surface area contributed by atoms with Gasteiger partial charge in [0.1, 0.15) is 0 Å². The smallest absolute Gasteiger partial charge is 0.0185 e. The van der Waals surface area contributed by atoms with E-state index in [0.717, 1.165) is 11.3 Å². The van der Waals surface area contributed by atoms with Crippen LogP contribution in [0.25, 0.3) is 0 Å². The highest BCUT2D eigenvalue weighted by atomic mass is 31.1. The molecule has 0 aromatic heterocycles. The molecule has 5 aliphatic rings. The lowest BCUT2D eigenvalue weighted by atomic mass is 9.58. The molecular formula is C23H32P2. The van der Waals surface area contributed by atoms with Gasteiger partial charge in [-0.3, -0.25) is 0 Å². The van der Waals surface area contributed by atoms with Crippen LogP contribution in [0.2, 0.25) is 0 Å². The predicted octanol–water partition coefficient (Wildman–Crippen LogP) is 7.93. The number of fused-ring (bicyclic) bond motifs is 9. The van der Waals surface area contributed by atoms with Gasteiger partial charge in [0.05, 0.1) is 0 Å². The minimum atomic E-state index is -0.101. The maximum atomic E-state index is 2.58. The fourth-order valence-electron chi connectivity index (χ4n) is 7.57. The molecule has 0 spiro atoms. The summed E-state index contributed by atoms with van der Waals surface area (Å²) in [4.78, 5) is 0. The van der Waals surface area contributed by atoms with Gasteiger partial charge >= 0.3 is 0 Å². The Balaban J connectivity index is 1.82. The molecule has 2 unspecified atom stereocenters. The van der Waals surface area contributed by atoms with Gasteiger partial charge in [0.15, 0.2) is 0 Å². The number of hydrogen-bond acceptors (Lipinski definition) is 0. The summed E-state index contributed by atoms with van der Waals surface area (Å²) >= 11 is 0. The first-order valence-corrected chi connectivity index (χ1v) is 12.7. The first kappa shape index (κ1) is 17.0. The van der Waals surface area contributed by atoms with E-state index in [9.17, 15) is 0 Å². The van der Waals surface area contributed by atoms with Gasteiger partial charge in [-0.25, -0.2) is 0 Å². The molecule has 5 rings (SSSR count). The largest absolute Gasteiger partial charge is 0.0589 e. The van der Waals surface area contributed by atoms with Crippen LogP contribution < -0.4 is 0 Å². The van der Waals surface area contributed by atoms with Crippen LogP contribution in [0, 0.1) is 16.2 Å². The zero-order valence-corrected chi connectivity index (χ0v) is 19.3. The number of allylic oxidation sites excluding steroid dienone is 8. The van der Waals surface area contributed by atoms with Crippen LogP contribution in [-0.2, 0) is 0 Å². The Hall–Kier alpha value is -0.180. The van der Waals surface area contributed by atoms with Crippen molar-refractivity contribution in [2.24, 2.45) is 16.2 Å². The van der Waals surface area contributed by atoms with Crippen LogP contribution in [0.4, 0.5) is 0 Å². The summed E-state index contributed by atoms with van der Waals surface area (Å²) < 4.78 is 0. The van der Waals surface area contributed by atoms with Gasteiger partial charge in [-0.2, -0.15) is 0 Å². The molecule has 0 saturated heterocycles. The second kappa shape index (κ2) is 4.28. The summed E-state index contributed by atoms with van der Waals surface area (Å²) in [6.07, 6.45) is 0. The molecule has 25 heavy (non-hydrogen) atoms. The third-order valence-corrected chi connectivity index (χ3v) is 16.0. The van der Waals surface area contributed by atoms with Crippen LogP contribution in [0.3, 0.4) is 0 Å². The topological polar surface area (TPSA) is 0 Å². The molecule has 0 saturated carbocycles. The molecule has 0 aromatic rings. The minimum Gasteiger partial charge on any atom is -0.0589 e. The van der Waals surface area contributed by atoms with Crippen molar-refractivity contribution in [3.63, 3.8) is 0 Å². The van der Waals surface area contributed by atoms with E-state index >= 15 is 0 Å². The highest BCUT2D eigenvalue weighted by molar-refractivity contribution is 7.74. The lowest BCUT2D eigenvalue weighted by Crippen LogP contribution is -2.38. The number of hydrogen-bond donors (Lipinski definition) is 0. The fraction of sp³-hybridized carbons (Fsp3) is 0.652. The van der Waals surface area contributed by atoms with Crippen LogP contribution >= 0.6 is 15.8 Å².